The summed E-state index contributed by atoms with van der Waals surface area (Å²) in [6, 6.07) is 0. The van der Waals surface area contributed by atoms with E-state index in [0.29, 0.717) is 25.7 Å². The highest BCUT2D eigenvalue weighted by molar-refractivity contribution is 7.47. The highest BCUT2D eigenvalue weighted by Gasteiger charge is 2.30. The molecule has 0 bridgehead atoms. The minimum Gasteiger partial charge on any atom is -0.462 e. The van der Waals surface area contributed by atoms with Crippen molar-refractivity contribution in [2.75, 3.05) is 39.6 Å². The van der Waals surface area contributed by atoms with Gasteiger partial charge < -0.3 is 33.8 Å². The largest absolute Gasteiger partial charge is 0.472 e. The molecule has 0 spiro atoms. The molecule has 19 heteroatoms. The maximum atomic E-state index is 13.0. The summed E-state index contributed by atoms with van der Waals surface area (Å²) in [5.41, 5.74) is 0. The van der Waals surface area contributed by atoms with Gasteiger partial charge in [0.1, 0.15) is 19.3 Å². The summed E-state index contributed by atoms with van der Waals surface area (Å²) in [6.45, 7) is 4.45. The quantitative estimate of drug-likeness (QED) is 0.0169. The van der Waals surface area contributed by atoms with E-state index in [0.717, 1.165) is 154 Å². The van der Waals surface area contributed by atoms with Crippen molar-refractivity contribution in [3.05, 3.63) is 109 Å². The Morgan fingerprint density at radius 3 is 0.989 bits per heavy atom. The van der Waals surface area contributed by atoms with Gasteiger partial charge >= 0.3 is 39.5 Å². The van der Waals surface area contributed by atoms with E-state index in [1.165, 1.54) is 51.4 Å². The highest BCUT2D eigenvalue weighted by Crippen LogP contribution is 2.45. The van der Waals surface area contributed by atoms with Crippen molar-refractivity contribution >= 4 is 39.5 Å². The average Bonchev–Trinajstić information content (AvgIpc) is 1.24. The van der Waals surface area contributed by atoms with E-state index in [2.05, 4.69) is 113 Å². The number of phosphoric acid groups is 2. The number of ether oxygens (including phenoxy) is 4. The third-order valence-electron chi connectivity index (χ3n) is 14.8. The van der Waals surface area contributed by atoms with Crippen molar-refractivity contribution in [2.45, 2.75) is 303 Å². The molecule has 0 aliphatic rings. The summed E-state index contributed by atoms with van der Waals surface area (Å²) < 4.78 is 68.1. The summed E-state index contributed by atoms with van der Waals surface area (Å²) in [6.07, 6.45) is 69.9. The molecule has 0 saturated carbocycles. The number of hydrogen-bond donors (Lipinski definition) is 3. The third-order valence-corrected chi connectivity index (χ3v) is 16.7. The van der Waals surface area contributed by atoms with Crippen LogP contribution in [0.2, 0.25) is 0 Å². The fourth-order valence-electron chi connectivity index (χ4n) is 9.29. The molecule has 0 aromatic carbocycles. The lowest BCUT2D eigenvalue weighted by molar-refractivity contribution is -0.161. The minimum absolute atomic E-state index is 0.0697. The topological polar surface area (TPSA) is 237 Å². The third kappa shape index (κ3) is 66.3. The summed E-state index contributed by atoms with van der Waals surface area (Å²) >= 11 is 0. The van der Waals surface area contributed by atoms with Gasteiger partial charge in [0.15, 0.2) is 12.2 Å². The first-order valence-corrected chi connectivity index (χ1v) is 39.1. The van der Waals surface area contributed by atoms with E-state index in [1.807, 2.05) is 18.2 Å². The lowest BCUT2D eigenvalue weighted by atomic mass is 10.1. The zero-order valence-corrected chi connectivity index (χ0v) is 60.4. The lowest BCUT2D eigenvalue weighted by Gasteiger charge is -2.21. The number of rotatable bonds is 67. The average molecular weight is 1360 g/mol. The molecule has 0 rings (SSSR count). The first kappa shape index (κ1) is 89.7. The van der Waals surface area contributed by atoms with Gasteiger partial charge in [0.05, 0.1) is 32.8 Å². The molecule has 94 heavy (non-hydrogen) atoms. The van der Waals surface area contributed by atoms with Gasteiger partial charge in [0, 0.05) is 19.3 Å². The van der Waals surface area contributed by atoms with Crippen LogP contribution in [0.25, 0.3) is 0 Å². The number of unbranched alkanes of at least 4 members (excludes halogenated alkanes) is 24. The first-order valence-electron chi connectivity index (χ1n) is 36.1. The van der Waals surface area contributed by atoms with Crippen LogP contribution in [0.3, 0.4) is 0 Å². The standard InChI is InChI=1S/C75H128O17P2/c1-5-9-13-17-21-25-29-31-33-34-36-38-42-44-48-52-56-60-73(78)86-66-71(92-75(80)62-58-54-50-46-40-28-24-20-16-12-8-4)68-90-94(83,84)88-64-69(76)63-87-93(81,82)89-67-70(91-74(79)61-57-53-49-45-39-27-23-19-15-11-7-3)65-85-72(77)59-55-51-47-43-41-37-35-32-30-26-22-18-14-10-6-2/h9-10,13-14,20-22,24-26,31-33,35,41,43,51,55,69-71,76H,5-8,11-12,15-19,23,27-30,34,36-40,42,44-50,52-54,56-68H2,1-4H3,(H,81,82)(H,83,84)/b13-9-,14-10-,24-20-,25-21-,26-22-,33-31-,35-32-,43-41-,55-51-. The van der Waals surface area contributed by atoms with Crippen LogP contribution < -0.4 is 0 Å². The Bertz CT molecular complexity index is 2220. The molecule has 0 radical (unpaired) electrons. The van der Waals surface area contributed by atoms with Crippen molar-refractivity contribution in [2.24, 2.45) is 0 Å². The second kappa shape index (κ2) is 67.3. The molecular weight excluding hydrogens is 1230 g/mol. The van der Waals surface area contributed by atoms with Gasteiger partial charge in [0.2, 0.25) is 0 Å². The number of carbonyl (C=O) groups excluding carboxylic acids is 4. The van der Waals surface area contributed by atoms with E-state index in [1.54, 1.807) is 6.08 Å². The smallest absolute Gasteiger partial charge is 0.462 e. The number of aliphatic hydroxyl groups is 1. The van der Waals surface area contributed by atoms with Crippen LogP contribution in [0.15, 0.2) is 109 Å². The molecule has 540 valence electrons. The van der Waals surface area contributed by atoms with Crippen LogP contribution in [0.1, 0.15) is 285 Å². The van der Waals surface area contributed by atoms with E-state index in [4.69, 9.17) is 37.0 Å². The van der Waals surface area contributed by atoms with E-state index < -0.39 is 97.5 Å². The summed E-state index contributed by atoms with van der Waals surface area (Å²) in [7, 11) is -9.96. The zero-order valence-electron chi connectivity index (χ0n) is 58.6. The fourth-order valence-corrected chi connectivity index (χ4v) is 10.9. The predicted octanol–water partition coefficient (Wildman–Crippen LogP) is 20.2. The Morgan fingerprint density at radius 1 is 0.319 bits per heavy atom. The molecular formula is C75H128O17P2. The second-order valence-corrected chi connectivity index (χ2v) is 26.7. The van der Waals surface area contributed by atoms with Crippen LogP contribution in [0.4, 0.5) is 0 Å². The van der Waals surface area contributed by atoms with Crippen LogP contribution in [0.5, 0.6) is 0 Å². The minimum atomic E-state index is -4.99. The number of allylic oxidation sites excluding steroid dienone is 17. The number of aliphatic hydroxyl groups excluding tert-OH is 1. The SMILES string of the molecule is CC/C=C\C/C=C\C/C=C\C/C=C\C/C=C\CC(=O)OCC(COP(=O)(O)OCC(O)COP(=O)(O)OCC(COC(=O)CCCCCCCCC/C=C\C/C=C\C/C=C\CC)OC(=O)CCCCCCC/C=C\CCCC)OC(=O)CCCCCCCCCCCCC. The van der Waals surface area contributed by atoms with Crippen molar-refractivity contribution in [1.29, 1.82) is 0 Å². The Morgan fingerprint density at radius 2 is 0.606 bits per heavy atom. The Kier molecular flexibility index (Phi) is 64.2. The monoisotopic (exact) mass is 1360 g/mol. The van der Waals surface area contributed by atoms with Gasteiger partial charge in [-0.15, -0.1) is 0 Å². The molecule has 0 aromatic heterocycles. The Balaban J connectivity index is 5.35. The Labute approximate surface area is 569 Å². The molecule has 0 aliphatic carbocycles. The Hall–Kier alpha value is -4.28. The van der Waals surface area contributed by atoms with Gasteiger partial charge in [-0.2, -0.15) is 0 Å². The molecule has 0 amide bonds. The van der Waals surface area contributed by atoms with E-state index in [-0.39, 0.29) is 25.7 Å². The number of hydrogen-bond acceptors (Lipinski definition) is 15. The van der Waals surface area contributed by atoms with Gasteiger partial charge in [0.25, 0.3) is 0 Å². The molecule has 5 unspecified atom stereocenters. The molecule has 0 saturated heterocycles. The second-order valence-electron chi connectivity index (χ2n) is 23.8. The van der Waals surface area contributed by atoms with E-state index >= 15 is 0 Å². The van der Waals surface area contributed by atoms with Gasteiger partial charge in [-0.3, -0.25) is 37.3 Å². The number of esters is 4. The van der Waals surface area contributed by atoms with Gasteiger partial charge in [-0.25, -0.2) is 9.13 Å². The summed E-state index contributed by atoms with van der Waals surface area (Å²) in [5.74, 6) is -2.34. The van der Waals surface area contributed by atoms with Crippen molar-refractivity contribution in [3.8, 4) is 0 Å². The zero-order chi connectivity index (χ0) is 69.0. The maximum Gasteiger partial charge on any atom is 0.472 e. The van der Waals surface area contributed by atoms with Crippen LogP contribution in [-0.2, 0) is 65.4 Å². The summed E-state index contributed by atoms with van der Waals surface area (Å²) in [4.78, 5) is 72.5. The van der Waals surface area contributed by atoms with Crippen molar-refractivity contribution in [1.82, 2.24) is 0 Å². The molecule has 0 aliphatic heterocycles. The molecule has 0 aromatic rings. The first-order chi connectivity index (χ1) is 45.7. The molecule has 3 N–H and O–H groups in total. The molecule has 17 nitrogen and oxygen atoms in total. The van der Waals surface area contributed by atoms with Crippen molar-refractivity contribution in [3.63, 3.8) is 0 Å². The highest BCUT2D eigenvalue weighted by atomic mass is 31.2. The summed E-state index contributed by atoms with van der Waals surface area (Å²) in [5, 5.41) is 10.6. The lowest BCUT2D eigenvalue weighted by Crippen LogP contribution is -2.30. The van der Waals surface area contributed by atoms with Gasteiger partial charge in [-0.1, -0.05) is 265 Å². The molecule has 0 heterocycles. The maximum absolute atomic E-state index is 13.0. The predicted molar refractivity (Wildman–Crippen MR) is 381 cm³/mol. The van der Waals surface area contributed by atoms with Crippen LogP contribution in [0, 0.1) is 0 Å². The number of carbonyl (C=O) groups is 4. The van der Waals surface area contributed by atoms with Gasteiger partial charge in [-0.05, 0) is 103 Å². The van der Waals surface area contributed by atoms with Crippen LogP contribution >= 0.6 is 15.6 Å². The van der Waals surface area contributed by atoms with Crippen LogP contribution in [-0.4, -0.2) is 96.7 Å². The van der Waals surface area contributed by atoms with E-state index in [9.17, 15) is 43.2 Å². The number of phosphoric ester groups is 2. The molecule has 5 atom stereocenters. The fraction of sp³-hybridized carbons (Fsp3) is 0.707. The normalized spacial score (nSPS) is 14.7. The van der Waals surface area contributed by atoms with Crippen molar-refractivity contribution < 1.29 is 80.2 Å². The molecule has 0 fully saturated rings.